The zero-order valence-electron chi connectivity index (χ0n) is 16.2. The van der Waals surface area contributed by atoms with Gasteiger partial charge in [0.25, 0.3) is 0 Å². The molecule has 0 aliphatic rings. The largest absolute Gasteiger partial charge is 0.476 e. The van der Waals surface area contributed by atoms with E-state index in [-0.39, 0.29) is 5.82 Å². The monoisotopic (exact) mass is 395 g/mol. The number of nitrogens with zero attached hydrogens (tertiary/aromatic N) is 3. The lowest BCUT2D eigenvalue weighted by Crippen LogP contribution is -2.07. The Kier molecular flexibility index (Phi) is 5.13. The smallest absolute Gasteiger partial charge is 0.238 e. The maximum Gasteiger partial charge on any atom is 0.238 e. The minimum absolute atomic E-state index is 0.225. The molecule has 0 spiro atoms. The number of pyridine rings is 1. The van der Waals surface area contributed by atoms with E-state index in [4.69, 9.17) is 4.74 Å². The van der Waals surface area contributed by atoms with Gasteiger partial charge in [0.1, 0.15) is 11.3 Å². The summed E-state index contributed by atoms with van der Waals surface area (Å²) in [6.45, 7) is 7.45. The Morgan fingerprint density at radius 1 is 1.11 bits per heavy atom. The number of rotatable bonds is 6. The molecule has 0 saturated carbocycles. The van der Waals surface area contributed by atoms with E-state index in [1.165, 1.54) is 23.4 Å². The Morgan fingerprint density at radius 3 is 2.61 bits per heavy atom. The van der Waals surface area contributed by atoms with Crippen LogP contribution in [0.15, 0.2) is 41.9 Å². The van der Waals surface area contributed by atoms with Crippen LogP contribution in [-0.2, 0) is 13.0 Å². The van der Waals surface area contributed by atoms with Gasteiger partial charge in [0.05, 0.1) is 23.9 Å². The highest BCUT2D eigenvalue weighted by Gasteiger charge is 2.17. The van der Waals surface area contributed by atoms with Gasteiger partial charge in [-0.2, -0.15) is 0 Å². The summed E-state index contributed by atoms with van der Waals surface area (Å²) in [5, 5.41) is 4.31. The molecule has 0 fully saturated rings. The quantitative estimate of drug-likeness (QED) is 0.449. The van der Waals surface area contributed by atoms with Crippen LogP contribution in [0.25, 0.3) is 10.9 Å². The van der Waals surface area contributed by atoms with E-state index < -0.39 is 0 Å². The van der Waals surface area contributed by atoms with Crippen molar-refractivity contribution in [2.24, 2.45) is 0 Å². The number of hydrogen-bond donors (Lipinski definition) is 0. The van der Waals surface area contributed by atoms with E-state index in [1.807, 2.05) is 13.0 Å². The Labute approximate surface area is 167 Å². The van der Waals surface area contributed by atoms with E-state index in [1.54, 1.807) is 29.7 Å². The van der Waals surface area contributed by atoms with Gasteiger partial charge in [0, 0.05) is 29.1 Å². The van der Waals surface area contributed by atoms with E-state index in [0.29, 0.717) is 25.5 Å². The number of aryl methyl sites for hydroxylation is 2. The van der Waals surface area contributed by atoms with Crippen molar-refractivity contribution in [2.75, 3.05) is 6.61 Å². The summed E-state index contributed by atoms with van der Waals surface area (Å²) in [6, 6.07) is 8.56. The first kappa shape index (κ1) is 18.6. The van der Waals surface area contributed by atoms with Crippen LogP contribution in [0.3, 0.4) is 0 Å². The molecule has 6 heteroatoms. The molecule has 0 radical (unpaired) electrons. The van der Waals surface area contributed by atoms with Crippen LogP contribution in [-0.4, -0.2) is 21.1 Å². The average molecular weight is 396 g/mol. The minimum atomic E-state index is -0.225. The van der Waals surface area contributed by atoms with Gasteiger partial charge in [-0.1, -0.05) is 12.1 Å². The summed E-state index contributed by atoms with van der Waals surface area (Å²) in [5.41, 5.74) is 5.50. The highest BCUT2D eigenvalue weighted by Crippen LogP contribution is 2.31. The normalized spacial score (nSPS) is 11.3. The van der Waals surface area contributed by atoms with Gasteiger partial charge < -0.3 is 9.30 Å². The molecule has 0 aliphatic carbocycles. The Balaban J connectivity index is 1.62. The lowest BCUT2D eigenvalue weighted by Gasteiger charge is -2.11. The molecule has 28 heavy (non-hydrogen) atoms. The van der Waals surface area contributed by atoms with Crippen molar-refractivity contribution in [3.63, 3.8) is 0 Å². The second-order valence-electron chi connectivity index (χ2n) is 6.89. The summed E-state index contributed by atoms with van der Waals surface area (Å²) in [4.78, 5) is 9.10. The molecule has 144 valence electrons. The molecule has 4 rings (SSSR count). The van der Waals surface area contributed by atoms with Gasteiger partial charge in [-0.15, -0.1) is 11.3 Å². The van der Waals surface area contributed by atoms with Gasteiger partial charge in [-0.05, 0) is 50.1 Å². The van der Waals surface area contributed by atoms with Gasteiger partial charge in [0.2, 0.25) is 5.88 Å². The van der Waals surface area contributed by atoms with Crippen molar-refractivity contribution in [1.29, 1.82) is 0 Å². The molecule has 3 heterocycles. The van der Waals surface area contributed by atoms with Gasteiger partial charge >= 0.3 is 0 Å². The van der Waals surface area contributed by atoms with Crippen LogP contribution in [0.2, 0.25) is 0 Å². The molecule has 0 atom stereocenters. The van der Waals surface area contributed by atoms with Crippen LogP contribution in [0.4, 0.5) is 4.39 Å². The Hall–Kier alpha value is -2.73. The number of hydrogen-bond acceptors (Lipinski definition) is 4. The van der Waals surface area contributed by atoms with Crippen LogP contribution in [0.5, 0.6) is 5.88 Å². The molecule has 4 aromatic rings. The average Bonchev–Trinajstić information content (AvgIpc) is 3.21. The SMILES string of the molecule is Cc1nc(Cn2c(C)c(C)c3ccnc(OCCc4ccc(F)cc4)c32)cs1. The second-order valence-corrected chi connectivity index (χ2v) is 7.95. The topological polar surface area (TPSA) is 39.9 Å². The fourth-order valence-corrected chi connectivity index (χ4v) is 4.03. The molecule has 0 amide bonds. The van der Waals surface area contributed by atoms with Gasteiger partial charge in [-0.3, -0.25) is 0 Å². The molecule has 4 nitrogen and oxygen atoms in total. The number of thiazole rings is 1. The molecule has 3 aromatic heterocycles. The molecule has 0 saturated heterocycles. The fourth-order valence-electron chi connectivity index (χ4n) is 3.43. The van der Waals surface area contributed by atoms with Crippen molar-refractivity contribution in [3.05, 3.63) is 75.2 Å². The maximum atomic E-state index is 13.1. The zero-order valence-corrected chi connectivity index (χ0v) is 17.0. The first-order valence-corrected chi connectivity index (χ1v) is 10.1. The summed E-state index contributed by atoms with van der Waals surface area (Å²) < 4.78 is 21.4. The van der Waals surface area contributed by atoms with Crippen molar-refractivity contribution in [1.82, 2.24) is 14.5 Å². The van der Waals surface area contributed by atoms with E-state index in [0.717, 1.165) is 27.2 Å². The minimum Gasteiger partial charge on any atom is -0.476 e. The first-order valence-electron chi connectivity index (χ1n) is 9.25. The molecular formula is C22H22FN3OS. The predicted octanol–water partition coefficient (Wildman–Crippen LogP) is 5.23. The van der Waals surface area contributed by atoms with Crippen LogP contribution >= 0.6 is 11.3 Å². The number of fused-ring (bicyclic) bond motifs is 1. The predicted molar refractivity (Wildman–Crippen MR) is 111 cm³/mol. The lowest BCUT2D eigenvalue weighted by atomic mass is 10.1. The molecule has 0 aliphatic heterocycles. The fraction of sp³-hybridized carbons (Fsp3) is 0.273. The summed E-state index contributed by atoms with van der Waals surface area (Å²) in [6.07, 6.45) is 2.49. The Morgan fingerprint density at radius 2 is 1.89 bits per heavy atom. The first-order chi connectivity index (χ1) is 13.5. The van der Waals surface area contributed by atoms with Crippen LogP contribution in [0, 0.1) is 26.6 Å². The summed E-state index contributed by atoms with van der Waals surface area (Å²) in [5.74, 6) is 0.403. The third-order valence-corrected chi connectivity index (χ3v) is 5.86. The van der Waals surface area contributed by atoms with Gasteiger partial charge in [-0.25, -0.2) is 14.4 Å². The van der Waals surface area contributed by atoms with Crippen molar-refractivity contribution in [2.45, 2.75) is 33.7 Å². The molecule has 0 bridgehead atoms. The number of aromatic nitrogens is 3. The van der Waals surface area contributed by atoms with E-state index in [2.05, 4.69) is 33.8 Å². The molecule has 0 unspecified atom stereocenters. The van der Waals surface area contributed by atoms with Crippen molar-refractivity contribution in [3.8, 4) is 5.88 Å². The molecule has 1 aromatic carbocycles. The van der Waals surface area contributed by atoms with Crippen LogP contribution < -0.4 is 4.74 Å². The number of halogens is 1. The third-order valence-electron chi connectivity index (χ3n) is 5.04. The number of benzene rings is 1. The maximum absolute atomic E-state index is 13.1. The molecular weight excluding hydrogens is 373 g/mol. The van der Waals surface area contributed by atoms with Gasteiger partial charge in [0.15, 0.2) is 0 Å². The Bertz CT molecular complexity index is 1110. The lowest BCUT2D eigenvalue weighted by molar-refractivity contribution is 0.312. The van der Waals surface area contributed by atoms with Crippen LogP contribution in [0.1, 0.15) is 27.5 Å². The molecule has 0 N–H and O–H groups in total. The number of ether oxygens (including phenoxy) is 1. The van der Waals surface area contributed by atoms with E-state index >= 15 is 0 Å². The van der Waals surface area contributed by atoms with Crippen molar-refractivity contribution >= 4 is 22.2 Å². The second kappa shape index (κ2) is 7.72. The highest BCUT2D eigenvalue weighted by molar-refractivity contribution is 7.09. The van der Waals surface area contributed by atoms with E-state index in [9.17, 15) is 4.39 Å². The zero-order chi connectivity index (χ0) is 19.7. The standard InChI is InChI=1S/C22H22FN3OS/c1-14-15(2)26(12-19-13-28-16(3)25-19)21-20(14)8-10-24-22(21)27-11-9-17-4-6-18(23)7-5-17/h4-8,10,13H,9,11-12H2,1-3H3. The van der Waals surface area contributed by atoms with Crippen molar-refractivity contribution < 1.29 is 9.13 Å². The highest BCUT2D eigenvalue weighted by atomic mass is 32.1. The summed E-state index contributed by atoms with van der Waals surface area (Å²) >= 11 is 1.66. The summed E-state index contributed by atoms with van der Waals surface area (Å²) in [7, 11) is 0. The third kappa shape index (κ3) is 3.64.